The highest BCUT2D eigenvalue weighted by Gasteiger charge is 2.02. The van der Waals surface area contributed by atoms with Gasteiger partial charge in [0.05, 0.1) is 0 Å². The van der Waals surface area contributed by atoms with E-state index in [2.05, 4.69) is 26.8 Å². The van der Waals surface area contributed by atoms with Crippen LogP contribution in [-0.4, -0.2) is 0 Å². The Kier molecular flexibility index (Phi) is 2.74. The zero-order chi connectivity index (χ0) is 9.14. The number of nitrogen functional groups attached to an aromatic ring is 1. The molecule has 0 unspecified atom stereocenters. The molecule has 2 N–H and O–H groups in total. The van der Waals surface area contributed by atoms with Crippen molar-refractivity contribution < 1.29 is 0 Å². The third-order valence-corrected chi connectivity index (χ3v) is 2.12. The predicted octanol–water partition coefficient (Wildman–Crippen LogP) is 2.78. The topological polar surface area (TPSA) is 26.0 Å². The molecule has 0 aliphatic rings. The van der Waals surface area contributed by atoms with Gasteiger partial charge in [-0.2, -0.15) is 0 Å². The number of hydrogen-bond acceptors (Lipinski definition) is 1. The number of rotatable bonds is 2. The molecule has 1 aromatic carbocycles. The van der Waals surface area contributed by atoms with E-state index in [-0.39, 0.29) is 0 Å². The third-order valence-electron chi connectivity index (χ3n) is 2.12. The molecule has 0 aliphatic heterocycles. The van der Waals surface area contributed by atoms with Crippen molar-refractivity contribution in [3.63, 3.8) is 0 Å². The Hall–Kier alpha value is -0.980. The largest absolute Gasteiger partial charge is 0.399 e. The molecule has 0 aliphatic carbocycles. The molecule has 12 heavy (non-hydrogen) atoms. The van der Waals surface area contributed by atoms with Crippen molar-refractivity contribution >= 4 is 5.69 Å². The molecule has 1 heteroatoms. The van der Waals surface area contributed by atoms with Crippen molar-refractivity contribution in [3.05, 3.63) is 29.3 Å². The van der Waals surface area contributed by atoms with E-state index >= 15 is 0 Å². The van der Waals surface area contributed by atoms with Crippen molar-refractivity contribution in [2.75, 3.05) is 5.73 Å². The van der Waals surface area contributed by atoms with Crippen LogP contribution in [0.5, 0.6) is 0 Å². The van der Waals surface area contributed by atoms with E-state index in [0.717, 1.165) is 12.1 Å². The average molecular weight is 163 g/mol. The fourth-order valence-electron chi connectivity index (χ4n) is 1.36. The zero-order valence-corrected chi connectivity index (χ0v) is 8.09. The molecule has 0 aromatic heterocycles. The molecule has 0 amide bonds. The monoisotopic (exact) mass is 163 g/mol. The SMILES string of the molecule is Cc1c(N)cccc1CC(C)C. The van der Waals surface area contributed by atoms with E-state index in [1.165, 1.54) is 11.1 Å². The molecule has 0 atom stereocenters. The Balaban J connectivity index is 2.92. The molecule has 0 radical (unpaired) electrons. The second kappa shape index (κ2) is 3.61. The third kappa shape index (κ3) is 2.00. The van der Waals surface area contributed by atoms with Crippen LogP contribution in [0.4, 0.5) is 5.69 Å². The summed E-state index contributed by atoms with van der Waals surface area (Å²) >= 11 is 0. The lowest BCUT2D eigenvalue weighted by Gasteiger charge is -2.09. The predicted molar refractivity (Wildman–Crippen MR) is 54.1 cm³/mol. The van der Waals surface area contributed by atoms with Gasteiger partial charge in [0.15, 0.2) is 0 Å². The van der Waals surface area contributed by atoms with Gasteiger partial charge in [-0.3, -0.25) is 0 Å². The fourth-order valence-corrected chi connectivity index (χ4v) is 1.36. The molecule has 1 nitrogen and oxygen atoms in total. The van der Waals surface area contributed by atoms with Gasteiger partial charge >= 0.3 is 0 Å². The summed E-state index contributed by atoms with van der Waals surface area (Å²) in [6, 6.07) is 6.14. The quantitative estimate of drug-likeness (QED) is 0.666. The average Bonchev–Trinajstić information content (AvgIpc) is 1.98. The minimum atomic E-state index is 0.700. The van der Waals surface area contributed by atoms with Crippen LogP contribution in [0.2, 0.25) is 0 Å². The molecule has 66 valence electrons. The zero-order valence-electron chi connectivity index (χ0n) is 8.09. The maximum Gasteiger partial charge on any atom is 0.0346 e. The Morgan fingerprint density at radius 2 is 2.00 bits per heavy atom. The Bertz CT molecular complexity index is 264. The Morgan fingerprint density at radius 1 is 1.33 bits per heavy atom. The smallest absolute Gasteiger partial charge is 0.0346 e. The van der Waals surface area contributed by atoms with Gasteiger partial charge in [-0.25, -0.2) is 0 Å². The van der Waals surface area contributed by atoms with Gasteiger partial charge < -0.3 is 5.73 Å². The Morgan fingerprint density at radius 3 is 2.58 bits per heavy atom. The van der Waals surface area contributed by atoms with Gasteiger partial charge in [0.2, 0.25) is 0 Å². The van der Waals surface area contributed by atoms with Crippen molar-refractivity contribution in [1.29, 1.82) is 0 Å². The van der Waals surface area contributed by atoms with Crippen LogP contribution in [0.15, 0.2) is 18.2 Å². The number of nitrogens with two attached hydrogens (primary N) is 1. The summed E-state index contributed by atoms with van der Waals surface area (Å²) in [7, 11) is 0. The van der Waals surface area contributed by atoms with Crippen molar-refractivity contribution in [2.24, 2.45) is 5.92 Å². The summed E-state index contributed by atoms with van der Waals surface area (Å²) in [6.45, 7) is 6.54. The highest BCUT2D eigenvalue weighted by Crippen LogP contribution is 2.18. The van der Waals surface area contributed by atoms with Crippen LogP contribution >= 0.6 is 0 Å². The lowest BCUT2D eigenvalue weighted by molar-refractivity contribution is 0.645. The molecule has 0 spiro atoms. The van der Waals surface area contributed by atoms with Gasteiger partial charge in [-0.1, -0.05) is 26.0 Å². The molecule has 0 bridgehead atoms. The number of anilines is 1. The van der Waals surface area contributed by atoms with E-state index in [0.29, 0.717) is 5.92 Å². The summed E-state index contributed by atoms with van der Waals surface area (Å²) in [5.74, 6) is 0.700. The lowest BCUT2D eigenvalue weighted by atomic mass is 9.98. The van der Waals surface area contributed by atoms with Crippen LogP contribution in [0.3, 0.4) is 0 Å². The Labute approximate surface area is 74.6 Å². The summed E-state index contributed by atoms with van der Waals surface area (Å²) in [6.07, 6.45) is 1.12. The molecule has 0 saturated heterocycles. The van der Waals surface area contributed by atoms with Crippen LogP contribution in [0.25, 0.3) is 0 Å². The second-order valence-electron chi connectivity index (χ2n) is 3.73. The van der Waals surface area contributed by atoms with Crippen LogP contribution in [-0.2, 0) is 6.42 Å². The van der Waals surface area contributed by atoms with Crippen molar-refractivity contribution in [3.8, 4) is 0 Å². The van der Waals surface area contributed by atoms with Crippen molar-refractivity contribution in [2.45, 2.75) is 27.2 Å². The second-order valence-corrected chi connectivity index (χ2v) is 3.73. The molecule has 0 fully saturated rings. The number of benzene rings is 1. The maximum absolute atomic E-state index is 5.80. The van der Waals surface area contributed by atoms with Gasteiger partial charge in [-0.05, 0) is 36.5 Å². The molecular weight excluding hydrogens is 146 g/mol. The molecule has 0 heterocycles. The summed E-state index contributed by atoms with van der Waals surface area (Å²) in [5.41, 5.74) is 9.33. The van der Waals surface area contributed by atoms with Gasteiger partial charge in [0.1, 0.15) is 0 Å². The molecular formula is C11H17N. The van der Waals surface area contributed by atoms with E-state index in [4.69, 9.17) is 5.73 Å². The van der Waals surface area contributed by atoms with Gasteiger partial charge in [0, 0.05) is 5.69 Å². The first-order valence-electron chi connectivity index (χ1n) is 4.45. The molecule has 1 aromatic rings. The minimum Gasteiger partial charge on any atom is -0.399 e. The van der Waals surface area contributed by atoms with Crippen LogP contribution < -0.4 is 5.73 Å². The van der Waals surface area contributed by atoms with E-state index in [1.54, 1.807) is 0 Å². The van der Waals surface area contributed by atoms with Gasteiger partial charge in [-0.15, -0.1) is 0 Å². The first-order valence-corrected chi connectivity index (χ1v) is 4.45. The summed E-state index contributed by atoms with van der Waals surface area (Å²) in [4.78, 5) is 0. The first-order chi connectivity index (χ1) is 5.61. The van der Waals surface area contributed by atoms with E-state index in [1.807, 2.05) is 12.1 Å². The standard InChI is InChI=1S/C11H17N/c1-8(2)7-10-5-4-6-11(12)9(10)3/h4-6,8H,7,12H2,1-3H3. The number of hydrogen-bond donors (Lipinski definition) is 1. The molecule has 0 saturated carbocycles. The maximum atomic E-state index is 5.80. The van der Waals surface area contributed by atoms with Crippen LogP contribution in [0, 0.1) is 12.8 Å². The fraction of sp³-hybridized carbons (Fsp3) is 0.455. The first kappa shape index (κ1) is 9.11. The molecule has 1 rings (SSSR count). The minimum absolute atomic E-state index is 0.700. The van der Waals surface area contributed by atoms with Crippen LogP contribution in [0.1, 0.15) is 25.0 Å². The highest BCUT2D eigenvalue weighted by atomic mass is 14.6. The van der Waals surface area contributed by atoms with E-state index in [9.17, 15) is 0 Å². The summed E-state index contributed by atoms with van der Waals surface area (Å²) < 4.78 is 0. The van der Waals surface area contributed by atoms with E-state index < -0.39 is 0 Å². The van der Waals surface area contributed by atoms with Gasteiger partial charge in [0.25, 0.3) is 0 Å². The summed E-state index contributed by atoms with van der Waals surface area (Å²) in [5, 5.41) is 0. The lowest BCUT2D eigenvalue weighted by Crippen LogP contribution is -1.99. The normalized spacial score (nSPS) is 10.7. The highest BCUT2D eigenvalue weighted by molar-refractivity contribution is 5.49. The van der Waals surface area contributed by atoms with Crippen molar-refractivity contribution in [1.82, 2.24) is 0 Å².